The first-order valence-electron chi connectivity index (χ1n) is 11.5. The van der Waals surface area contributed by atoms with Gasteiger partial charge in [-0.25, -0.2) is 4.98 Å². The van der Waals surface area contributed by atoms with E-state index in [0.29, 0.717) is 12.5 Å². The second-order valence-corrected chi connectivity index (χ2v) is 8.72. The van der Waals surface area contributed by atoms with Gasteiger partial charge >= 0.3 is 0 Å². The van der Waals surface area contributed by atoms with Crippen molar-refractivity contribution in [1.29, 1.82) is 0 Å². The third kappa shape index (κ3) is 4.05. The van der Waals surface area contributed by atoms with Crippen molar-refractivity contribution in [2.75, 3.05) is 13.1 Å². The largest absolute Gasteiger partial charge is 0.346 e. The number of hydrogen-bond donors (Lipinski definition) is 2. The summed E-state index contributed by atoms with van der Waals surface area (Å²) in [5.74, 6) is 0.666. The standard InChI is InChI=1S/C27H26N6/c1-2-10-29-24(3-1)18-33-17-23(15-32-33)26-16-31-27-25(26)13-22(14-30-27)20-6-4-19(5-7-20)21-8-11-28-12-9-21/h1-7,10,13-17,21,28H,8-9,11-12,18H2,(H,30,31). The van der Waals surface area contributed by atoms with E-state index in [1.54, 1.807) is 0 Å². The Labute approximate surface area is 192 Å². The zero-order valence-corrected chi connectivity index (χ0v) is 18.4. The first-order valence-corrected chi connectivity index (χ1v) is 11.5. The molecule has 1 fully saturated rings. The van der Waals surface area contributed by atoms with Crippen LogP contribution in [0.15, 0.2) is 79.5 Å². The van der Waals surface area contributed by atoms with Crippen LogP contribution in [0.1, 0.15) is 30.0 Å². The molecule has 0 bridgehead atoms. The lowest BCUT2D eigenvalue weighted by Gasteiger charge is -2.23. The molecule has 6 rings (SSSR count). The minimum atomic E-state index is 0.649. The number of nitrogens with one attached hydrogen (secondary N) is 2. The Morgan fingerprint density at radius 1 is 0.909 bits per heavy atom. The molecule has 1 aliphatic heterocycles. The molecule has 164 valence electrons. The summed E-state index contributed by atoms with van der Waals surface area (Å²) in [6.07, 6.45) is 12.2. The average molecular weight is 435 g/mol. The van der Waals surface area contributed by atoms with Gasteiger partial charge in [0.15, 0.2) is 0 Å². The summed E-state index contributed by atoms with van der Waals surface area (Å²) in [4.78, 5) is 12.4. The Bertz CT molecular complexity index is 1360. The monoisotopic (exact) mass is 434 g/mol. The van der Waals surface area contributed by atoms with Gasteiger partial charge in [-0.15, -0.1) is 0 Å². The summed E-state index contributed by atoms with van der Waals surface area (Å²) in [5, 5.41) is 9.10. The van der Waals surface area contributed by atoms with E-state index in [2.05, 4.69) is 61.9 Å². The Kier molecular flexibility index (Phi) is 5.20. The number of nitrogens with zero attached hydrogens (tertiary/aromatic N) is 4. The molecule has 5 heterocycles. The fourth-order valence-corrected chi connectivity index (χ4v) is 4.75. The number of rotatable bonds is 5. The molecule has 1 saturated heterocycles. The summed E-state index contributed by atoms with van der Waals surface area (Å²) in [7, 11) is 0. The number of H-pyrrole nitrogens is 1. The number of hydrogen-bond acceptors (Lipinski definition) is 4. The SMILES string of the molecule is c1ccc(Cn2cc(-c3c[nH]c4ncc(-c5ccc(C6CCNCC6)cc5)cc34)cn2)nc1. The third-order valence-corrected chi connectivity index (χ3v) is 6.58. The molecule has 6 nitrogen and oxygen atoms in total. The fourth-order valence-electron chi connectivity index (χ4n) is 4.75. The molecular formula is C27H26N6. The van der Waals surface area contributed by atoms with E-state index in [9.17, 15) is 0 Å². The van der Waals surface area contributed by atoms with E-state index >= 15 is 0 Å². The van der Waals surface area contributed by atoms with E-state index in [-0.39, 0.29) is 0 Å². The van der Waals surface area contributed by atoms with Crippen molar-refractivity contribution in [2.24, 2.45) is 0 Å². The zero-order chi connectivity index (χ0) is 22.0. The summed E-state index contributed by atoms with van der Waals surface area (Å²) in [5.41, 5.74) is 7.81. The van der Waals surface area contributed by atoms with Crippen molar-refractivity contribution in [3.8, 4) is 22.3 Å². The maximum Gasteiger partial charge on any atom is 0.137 e. The Hall–Kier alpha value is -3.77. The summed E-state index contributed by atoms with van der Waals surface area (Å²) >= 11 is 0. The number of piperidine rings is 1. The molecule has 0 saturated carbocycles. The molecule has 5 aromatic rings. The highest BCUT2D eigenvalue weighted by molar-refractivity contribution is 5.95. The van der Waals surface area contributed by atoms with E-state index in [4.69, 9.17) is 0 Å². The smallest absolute Gasteiger partial charge is 0.137 e. The highest BCUT2D eigenvalue weighted by atomic mass is 15.3. The lowest BCUT2D eigenvalue weighted by Crippen LogP contribution is -2.26. The summed E-state index contributed by atoms with van der Waals surface area (Å²) in [6, 6.07) is 17.2. The molecule has 0 atom stereocenters. The zero-order valence-electron chi connectivity index (χ0n) is 18.4. The third-order valence-electron chi connectivity index (χ3n) is 6.58. The van der Waals surface area contributed by atoms with Crippen LogP contribution in [0, 0.1) is 0 Å². The Balaban J connectivity index is 1.28. The maximum atomic E-state index is 4.69. The minimum absolute atomic E-state index is 0.649. The van der Waals surface area contributed by atoms with E-state index in [1.165, 1.54) is 24.0 Å². The van der Waals surface area contributed by atoms with Crippen molar-refractivity contribution in [1.82, 2.24) is 30.0 Å². The highest BCUT2D eigenvalue weighted by Gasteiger charge is 2.15. The molecule has 1 aromatic carbocycles. The first kappa shape index (κ1) is 19.9. The van der Waals surface area contributed by atoms with Gasteiger partial charge in [0.05, 0.1) is 18.4 Å². The first-order chi connectivity index (χ1) is 16.3. The minimum Gasteiger partial charge on any atom is -0.346 e. The Morgan fingerprint density at radius 3 is 2.61 bits per heavy atom. The molecule has 0 spiro atoms. The van der Waals surface area contributed by atoms with Gasteiger partial charge in [0.2, 0.25) is 0 Å². The second kappa shape index (κ2) is 8.64. The topological polar surface area (TPSA) is 71.4 Å². The van der Waals surface area contributed by atoms with Gasteiger partial charge in [0.25, 0.3) is 0 Å². The van der Waals surface area contributed by atoms with Crippen molar-refractivity contribution in [2.45, 2.75) is 25.3 Å². The number of aromatic amines is 1. The molecular weight excluding hydrogens is 408 g/mol. The molecule has 4 aromatic heterocycles. The Morgan fingerprint density at radius 2 is 1.79 bits per heavy atom. The van der Waals surface area contributed by atoms with Crippen LogP contribution in [-0.4, -0.2) is 37.8 Å². The molecule has 0 unspecified atom stereocenters. The van der Waals surface area contributed by atoms with Crippen LogP contribution >= 0.6 is 0 Å². The van der Waals surface area contributed by atoms with Crippen LogP contribution < -0.4 is 5.32 Å². The van der Waals surface area contributed by atoms with Gasteiger partial charge < -0.3 is 10.3 Å². The van der Waals surface area contributed by atoms with Gasteiger partial charge in [-0.1, -0.05) is 30.3 Å². The summed E-state index contributed by atoms with van der Waals surface area (Å²) < 4.78 is 1.92. The quantitative estimate of drug-likeness (QED) is 0.408. The number of fused-ring (bicyclic) bond motifs is 1. The van der Waals surface area contributed by atoms with Gasteiger partial charge in [-0.05, 0) is 61.2 Å². The highest BCUT2D eigenvalue weighted by Crippen LogP contribution is 2.32. The van der Waals surface area contributed by atoms with Crippen LogP contribution in [0.3, 0.4) is 0 Å². The van der Waals surface area contributed by atoms with Crippen molar-refractivity contribution < 1.29 is 0 Å². The molecule has 2 N–H and O–H groups in total. The van der Waals surface area contributed by atoms with Crippen LogP contribution in [0.25, 0.3) is 33.3 Å². The van der Waals surface area contributed by atoms with Gasteiger partial charge in [0, 0.05) is 46.9 Å². The lowest BCUT2D eigenvalue weighted by molar-refractivity contribution is 0.460. The van der Waals surface area contributed by atoms with Crippen LogP contribution in [0.4, 0.5) is 0 Å². The predicted molar refractivity (Wildman–Crippen MR) is 131 cm³/mol. The van der Waals surface area contributed by atoms with E-state index < -0.39 is 0 Å². The molecule has 0 radical (unpaired) electrons. The van der Waals surface area contributed by atoms with Gasteiger partial charge in [-0.2, -0.15) is 5.10 Å². The van der Waals surface area contributed by atoms with Gasteiger partial charge in [-0.3, -0.25) is 9.67 Å². The number of benzene rings is 1. The molecule has 6 heteroatoms. The normalized spacial score (nSPS) is 14.7. The van der Waals surface area contributed by atoms with Crippen molar-refractivity contribution in [3.63, 3.8) is 0 Å². The van der Waals surface area contributed by atoms with Crippen LogP contribution in [-0.2, 0) is 6.54 Å². The number of aromatic nitrogens is 5. The molecule has 1 aliphatic rings. The maximum absolute atomic E-state index is 4.69. The average Bonchev–Trinajstić information content (AvgIpc) is 3.52. The number of pyridine rings is 2. The molecule has 0 aliphatic carbocycles. The van der Waals surface area contributed by atoms with Crippen molar-refractivity contribution in [3.05, 3.63) is 90.8 Å². The van der Waals surface area contributed by atoms with E-state index in [1.807, 2.05) is 47.7 Å². The predicted octanol–water partition coefficient (Wildman–Crippen LogP) is 5.00. The van der Waals surface area contributed by atoms with Gasteiger partial charge in [0.1, 0.15) is 5.65 Å². The van der Waals surface area contributed by atoms with Crippen LogP contribution in [0.5, 0.6) is 0 Å². The molecule has 33 heavy (non-hydrogen) atoms. The van der Waals surface area contributed by atoms with Crippen LogP contribution in [0.2, 0.25) is 0 Å². The van der Waals surface area contributed by atoms with Crippen molar-refractivity contribution >= 4 is 11.0 Å². The lowest BCUT2D eigenvalue weighted by atomic mass is 9.89. The second-order valence-electron chi connectivity index (χ2n) is 8.72. The summed E-state index contributed by atoms with van der Waals surface area (Å²) in [6.45, 7) is 2.87. The fraction of sp³-hybridized carbons (Fsp3) is 0.222. The van der Waals surface area contributed by atoms with E-state index in [0.717, 1.165) is 46.5 Å². The molecule has 0 amide bonds.